The molecule has 0 aliphatic carbocycles. The summed E-state index contributed by atoms with van der Waals surface area (Å²) in [5.74, 6) is 1.12. The fourth-order valence-corrected chi connectivity index (χ4v) is 4.12. The first-order chi connectivity index (χ1) is 14.1. The molecule has 3 rings (SSSR count). The number of thioether (sulfide) groups is 1. The van der Waals surface area contributed by atoms with E-state index in [1.165, 1.54) is 17.3 Å². The molecule has 1 aromatic carbocycles. The zero-order valence-corrected chi connectivity index (χ0v) is 17.9. The lowest BCUT2D eigenvalue weighted by Gasteiger charge is -2.18. The van der Waals surface area contributed by atoms with Crippen LogP contribution in [0.5, 0.6) is 0 Å². The Morgan fingerprint density at radius 3 is 2.48 bits per heavy atom. The number of benzene rings is 1. The number of carbonyl (C=O) groups excluding carboxylic acids is 1. The molecule has 0 aliphatic rings. The first-order valence-electron chi connectivity index (χ1n) is 9.96. The Bertz CT molecular complexity index is 913. The topological polar surface area (TPSA) is 72.7 Å². The average molecular weight is 410 g/mol. The van der Waals surface area contributed by atoms with Crippen LogP contribution in [0, 0.1) is 0 Å². The third kappa shape index (κ3) is 5.23. The van der Waals surface area contributed by atoms with Crippen LogP contribution in [0.25, 0.3) is 11.4 Å². The quantitative estimate of drug-likeness (QED) is 0.538. The van der Waals surface area contributed by atoms with Crippen LogP contribution < -0.4 is 5.32 Å². The molecule has 2 atom stereocenters. The van der Waals surface area contributed by atoms with Gasteiger partial charge in [-0.2, -0.15) is 0 Å². The third-order valence-corrected chi connectivity index (χ3v) is 5.99. The van der Waals surface area contributed by atoms with Crippen molar-refractivity contribution in [3.63, 3.8) is 0 Å². The Morgan fingerprint density at radius 1 is 1.10 bits per heavy atom. The molecule has 0 saturated carbocycles. The van der Waals surface area contributed by atoms with Gasteiger partial charge < -0.3 is 9.88 Å². The number of rotatable bonds is 9. The number of carbonyl (C=O) groups is 1. The van der Waals surface area contributed by atoms with Crippen molar-refractivity contribution in [1.29, 1.82) is 0 Å². The van der Waals surface area contributed by atoms with E-state index >= 15 is 0 Å². The molecule has 3 aromatic rings. The highest BCUT2D eigenvalue weighted by atomic mass is 32.2. The Labute approximate surface area is 176 Å². The molecule has 29 heavy (non-hydrogen) atoms. The predicted molar refractivity (Wildman–Crippen MR) is 117 cm³/mol. The van der Waals surface area contributed by atoms with Gasteiger partial charge in [0.2, 0.25) is 5.91 Å². The average Bonchev–Trinajstić information content (AvgIpc) is 3.17. The number of amides is 1. The van der Waals surface area contributed by atoms with E-state index < -0.39 is 0 Å². The maximum absolute atomic E-state index is 12.7. The second kappa shape index (κ2) is 10.2. The van der Waals surface area contributed by atoms with Crippen LogP contribution in [0.2, 0.25) is 0 Å². The Balaban J connectivity index is 1.63. The third-order valence-electron chi connectivity index (χ3n) is 4.91. The maximum atomic E-state index is 12.7. The van der Waals surface area contributed by atoms with Gasteiger partial charge in [-0.05, 0) is 38.0 Å². The van der Waals surface area contributed by atoms with Crippen molar-refractivity contribution >= 4 is 17.7 Å². The fraction of sp³-hybridized carbons (Fsp3) is 0.364. The number of aromatic nitrogens is 4. The molecule has 0 aliphatic heterocycles. The summed E-state index contributed by atoms with van der Waals surface area (Å²) < 4.78 is 2.03. The van der Waals surface area contributed by atoms with Gasteiger partial charge in [0.15, 0.2) is 11.0 Å². The van der Waals surface area contributed by atoms with E-state index in [1.807, 2.05) is 41.8 Å². The lowest BCUT2D eigenvalue weighted by Crippen LogP contribution is -2.34. The molecule has 2 heterocycles. The van der Waals surface area contributed by atoms with Crippen molar-refractivity contribution in [2.45, 2.75) is 50.1 Å². The van der Waals surface area contributed by atoms with Crippen molar-refractivity contribution in [1.82, 2.24) is 25.1 Å². The monoisotopic (exact) mass is 409 g/mol. The van der Waals surface area contributed by atoms with E-state index in [4.69, 9.17) is 0 Å². The minimum absolute atomic E-state index is 0.0143. The van der Waals surface area contributed by atoms with Crippen LogP contribution in [-0.4, -0.2) is 37.5 Å². The Morgan fingerprint density at radius 2 is 1.83 bits per heavy atom. The van der Waals surface area contributed by atoms with Crippen molar-refractivity contribution < 1.29 is 4.79 Å². The van der Waals surface area contributed by atoms with Crippen molar-refractivity contribution in [2.75, 3.05) is 6.54 Å². The number of hydrogen-bond donors (Lipinski definition) is 1. The summed E-state index contributed by atoms with van der Waals surface area (Å²) in [4.78, 5) is 16.7. The summed E-state index contributed by atoms with van der Waals surface area (Å²) in [6.07, 6.45) is 4.46. The standard InChI is InChI=1S/C22H27N5OS/c1-4-17(18-9-7-6-8-10-18)15-24-21(28)16(3)29-22-26-25-20(27(22)5-2)19-11-13-23-14-12-19/h6-14,16-17H,4-5,15H2,1-3H3,(H,24,28)/t16-,17-/m0/s1. The van der Waals surface area contributed by atoms with E-state index in [0.29, 0.717) is 12.5 Å². The smallest absolute Gasteiger partial charge is 0.233 e. The molecule has 1 N–H and O–H groups in total. The highest BCUT2D eigenvalue weighted by Gasteiger charge is 2.21. The van der Waals surface area contributed by atoms with Crippen LogP contribution in [0.4, 0.5) is 0 Å². The molecule has 7 heteroatoms. The fourth-order valence-electron chi connectivity index (χ4n) is 3.18. The molecular weight excluding hydrogens is 382 g/mol. The lowest BCUT2D eigenvalue weighted by atomic mass is 9.96. The summed E-state index contributed by atoms with van der Waals surface area (Å²) in [6, 6.07) is 14.1. The van der Waals surface area contributed by atoms with Gasteiger partial charge in [0.1, 0.15) is 0 Å². The van der Waals surface area contributed by atoms with Gasteiger partial charge in [0.05, 0.1) is 5.25 Å². The Hall–Kier alpha value is -2.67. The summed E-state index contributed by atoms with van der Waals surface area (Å²) in [5, 5.41) is 12.2. The van der Waals surface area contributed by atoms with Crippen molar-refractivity contribution in [3.05, 3.63) is 60.4 Å². The highest BCUT2D eigenvalue weighted by Crippen LogP contribution is 2.27. The number of nitrogens with zero attached hydrogens (tertiary/aromatic N) is 4. The SMILES string of the molecule is CC[C@@H](CNC(=O)[C@H](C)Sc1nnc(-c2ccncc2)n1CC)c1ccccc1. The van der Waals surface area contributed by atoms with Gasteiger partial charge in [-0.1, -0.05) is 49.0 Å². The van der Waals surface area contributed by atoms with Gasteiger partial charge in [-0.3, -0.25) is 9.78 Å². The van der Waals surface area contributed by atoms with Gasteiger partial charge in [0, 0.05) is 37.0 Å². The van der Waals surface area contributed by atoms with Crippen LogP contribution >= 0.6 is 11.8 Å². The molecule has 0 fully saturated rings. The van der Waals surface area contributed by atoms with E-state index in [0.717, 1.165) is 29.5 Å². The van der Waals surface area contributed by atoms with E-state index in [2.05, 4.69) is 46.5 Å². The Kier molecular flexibility index (Phi) is 7.41. The molecule has 0 unspecified atom stereocenters. The molecule has 0 saturated heterocycles. The zero-order valence-electron chi connectivity index (χ0n) is 17.1. The van der Waals surface area contributed by atoms with Gasteiger partial charge in [0.25, 0.3) is 0 Å². The second-order valence-corrected chi connectivity index (χ2v) is 8.12. The van der Waals surface area contributed by atoms with E-state index in [9.17, 15) is 4.79 Å². The number of nitrogens with one attached hydrogen (secondary N) is 1. The summed E-state index contributed by atoms with van der Waals surface area (Å²) in [5.41, 5.74) is 2.22. The molecule has 1 amide bonds. The zero-order chi connectivity index (χ0) is 20.6. The number of pyridine rings is 1. The maximum Gasteiger partial charge on any atom is 0.233 e. The predicted octanol–water partition coefficient (Wildman–Crippen LogP) is 4.15. The lowest BCUT2D eigenvalue weighted by molar-refractivity contribution is -0.120. The minimum atomic E-state index is -0.261. The molecular formula is C22H27N5OS. The first kappa shape index (κ1) is 21.0. The molecule has 0 spiro atoms. The molecule has 0 radical (unpaired) electrons. The molecule has 152 valence electrons. The first-order valence-corrected chi connectivity index (χ1v) is 10.8. The van der Waals surface area contributed by atoms with Gasteiger partial charge in [-0.15, -0.1) is 10.2 Å². The van der Waals surface area contributed by atoms with Crippen LogP contribution in [0.3, 0.4) is 0 Å². The molecule has 2 aromatic heterocycles. The normalized spacial score (nSPS) is 13.1. The van der Waals surface area contributed by atoms with Gasteiger partial charge in [-0.25, -0.2) is 0 Å². The second-order valence-electron chi connectivity index (χ2n) is 6.81. The van der Waals surface area contributed by atoms with E-state index in [-0.39, 0.29) is 11.2 Å². The van der Waals surface area contributed by atoms with Crippen LogP contribution in [0.1, 0.15) is 38.7 Å². The summed E-state index contributed by atoms with van der Waals surface area (Å²) in [7, 11) is 0. The summed E-state index contributed by atoms with van der Waals surface area (Å²) >= 11 is 1.44. The van der Waals surface area contributed by atoms with E-state index in [1.54, 1.807) is 12.4 Å². The minimum Gasteiger partial charge on any atom is -0.355 e. The van der Waals surface area contributed by atoms with Gasteiger partial charge >= 0.3 is 0 Å². The molecule has 0 bridgehead atoms. The van der Waals surface area contributed by atoms with Crippen molar-refractivity contribution in [3.8, 4) is 11.4 Å². The highest BCUT2D eigenvalue weighted by molar-refractivity contribution is 8.00. The van der Waals surface area contributed by atoms with Crippen LogP contribution in [-0.2, 0) is 11.3 Å². The molecule has 6 nitrogen and oxygen atoms in total. The number of hydrogen-bond acceptors (Lipinski definition) is 5. The summed E-state index contributed by atoms with van der Waals surface area (Å²) in [6.45, 7) is 7.46. The van der Waals surface area contributed by atoms with Crippen LogP contribution in [0.15, 0.2) is 60.0 Å². The van der Waals surface area contributed by atoms with Crippen molar-refractivity contribution in [2.24, 2.45) is 0 Å². The largest absolute Gasteiger partial charge is 0.355 e.